The summed E-state index contributed by atoms with van der Waals surface area (Å²) in [6, 6.07) is 10.9. The molecule has 1 fully saturated rings. The topological polar surface area (TPSA) is 65.5 Å². The van der Waals surface area contributed by atoms with Crippen LogP contribution in [0.25, 0.3) is 0 Å². The van der Waals surface area contributed by atoms with E-state index in [1.54, 1.807) is 25.3 Å². The number of anilines is 2. The molecule has 1 saturated heterocycles. The van der Waals surface area contributed by atoms with Crippen molar-refractivity contribution in [1.82, 2.24) is 9.88 Å². The van der Waals surface area contributed by atoms with Gasteiger partial charge < -0.3 is 15.1 Å². The van der Waals surface area contributed by atoms with E-state index in [-0.39, 0.29) is 17.0 Å². The summed E-state index contributed by atoms with van der Waals surface area (Å²) in [5, 5.41) is 3.00. The largest absolute Gasteiger partial charge is 0.368 e. The van der Waals surface area contributed by atoms with E-state index in [2.05, 4.69) is 15.2 Å². The number of pyridine rings is 1. The minimum atomic E-state index is -0.291. The Labute approximate surface area is 151 Å². The van der Waals surface area contributed by atoms with Crippen LogP contribution in [0, 0.1) is 0 Å². The molecule has 7 heteroatoms. The molecule has 25 heavy (non-hydrogen) atoms. The highest BCUT2D eigenvalue weighted by molar-refractivity contribution is 6.33. The molecule has 2 amide bonds. The third kappa shape index (κ3) is 4.09. The van der Waals surface area contributed by atoms with E-state index in [1.165, 1.54) is 0 Å². The van der Waals surface area contributed by atoms with Crippen LogP contribution in [0.2, 0.25) is 5.15 Å². The van der Waals surface area contributed by atoms with E-state index < -0.39 is 0 Å². The van der Waals surface area contributed by atoms with Crippen LogP contribution in [0.1, 0.15) is 17.3 Å². The highest BCUT2D eigenvalue weighted by atomic mass is 35.5. The molecule has 0 saturated carbocycles. The van der Waals surface area contributed by atoms with Crippen molar-refractivity contribution >= 4 is 34.8 Å². The second kappa shape index (κ2) is 7.53. The van der Waals surface area contributed by atoms with Crippen molar-refractivity contribution in [3.63, 3.8) is 0 Å². The third-order valence-electron chi connectivity index (χ3n) is 4.22. The number of carbonyl (C=O) groups is 2. The van der Waals surface area contributed by atoms with Gasteiger partial charge >= 0.3 is 0 Å². The lowest BCUT2D eigenvalue weighted by Crippen LogP contribution is -2.48. The molecule has 0 aliphatic carbocycles. The monoisotopic (exact) mass is 358 g/mol. The summed E-state index contributed by atoms with van der Waals surface area (Å²) in [6.07, 6.45) is 1.54. The number of carbonyl (C=O) groups excluding carboxylic acids is 2. The normalized spacial score (nSPS) is 14.3. The first-order valence-corrected chi connectivity index (χ1v) is 8.45. The number of rotatable bonds is 3. The standard InChI is InChI=1S/C18H19ClN4O2/c1-13(24)22-9-11-23(12-10-22)15-6-4-14(5-7-15)21-18(25)16-3-2-8-20-17(16)19/h2-8H,9-12H2,1H3,(H,21,25). The van der Waals surface area contributed by atoms with E-state index >= 15 is 0 Å². The van der Waals surface area contributed by atoms with E-state index in [9.17, 15) is 9.59 Å². The molecule has 0 radical (unpaired) electrons. The van der Waals surface area contributed by atoms with Gasteiger partial charge in [0, 0.05) is 50.7 Å². The van der Waals surface area contributed by atoms with Crippen molar-refractivity contribution in [3.8, 4) is 0 Å². The molecule has 1 aromatic heterocycles. The number of hydrogen-bond acceptors (Lipinski definition) is 4. The summed E-state index contributed by atoms with van der Waals surface area (Å²) in [5.74, 6) is -0.173. The number of piperazine rings is 1. The van der Waals surface area contributed by atoms with Gasteiger partial charge in [-0.05, 0) is 36.4 Å². The number of nitrogens with one attached hydrogen (secondary N) is 1. The Morgan fingerprint density at radius 2 is 1.76 bits per heavy atom. The SMILES string of the molecule is CC(=O)N1CCN(c2ccc(NC(=O)c3cccnc3Cl)cc2)CC1. The summed E-state index contributed by atoms with van der Waals surface area (Å²) in [4.78, 5) is 31.6. The Bertz CT molecular complexity index is 771. The van der Waals surface area contributed by atoms with Gasteiger partial charge in [0.2, 0.25) is 5.91 Å². The number of aromatic nitrogens is 1. The molecule has 0 bridgehead atoms. The highest BCUT2D eigenvalue weighted by Gasteiger charge is 2.18. The van der Waals surface area contributed by atoms with Crippen LogP contribution in [-0.2, 0) is 4.79 Å². The maximum absolute atomic E-state index is 12.2. The predicted octanol–water partition coefficient (Wildman–Crippen LogP) is 2.66. The second-order valence-corrected chi connectivity index (χ2v) is 6.19. The zero-order chi connectivity index (χ0) is 17.8. The van der Waals surface area contributed by atoms with Crippen LogP contribution in [0.3, 0.4) is 0 Å². The fourth-order valence-electron chi connectivity index (χ4n) is 2.79. The molecule has 130 valence electrons. The van der Waals surface area contributed by atoms with Gasteiger partial charge in [-0.3, -0.25) is 9.59 Å². The van der Waals surface area contributed by atoms with Crippen LogP contribution < -0.4 is 10.2 Å². The lowest BCUT2D eigenvalue weighted by molar-refractivity contribution is -0.129. The van der Waals surface area contributed by atoms with E-state index in [1.807, 2.05) is 29.2 Å². The lowest BCUT2D eigenvalue weighted by atomic mass is 10.2. The first kappa shape index (κ1) is 17.2. The van der Waals surface area contributed by atoms with Crippen molar-refractivity contribution in [2.75, 3.05) is 36.4 Å². The van der Waals surface area contributed by atoms with Crippen LogP contribution in [0.15, 0.2) is 42.6 Å². The van der Waals surface area contributed by atoms with Crippen LogP contribution in [0.4, 0.5) is 11.4 Å². The number of halogens is 1. The molecule has 1 aliphatic rings. The highest BCUT2D eigenvalue weighted by Crippen LogP contribution is 2.21. The zero-order valence-electron chi connectivity index (χ0n) is 13.9. The Kier molecular flexibility index (Phi) is 5.19. The first-order valence-electron chi connectivity index (χ1n) is 8.07. The van der Waals surface area contributed by atoms with Gasteiger partial charge in [0.05, 0.1) is 5.56 Å². The average molecular weight is 359 g/mol. The molecule has 2 aromatic rings. The van der Waals surface area contributed by atoms with E-state index in [4.69, 9.17) is 11.6 Å². The fourth-order valence-corrected chi connectivity index (χ4v) is 2.99. The van der Waals surface area contributed by atoms with Gasteiger partial charge in [-0.1, -0.05) is 11.6 Å². The third-order valence-corrected chi connectivity index (χ3v) is 4.52. The fraction of sp³-hybridized carbons (Fsp3) is 0.278. The Morgan fingerprint density at radius 3 is 2.36 bits per heavy atom. The molecule has 0 atom stereocenters. The van der Waals surface area contributed by atoms with Crippen LogP contribution in [-0.4, -0.2) is 47.9 Å². The van der Waals surface area contributed by atoms with Crippen LogP contribution >= 0.6 is 11.6 Å². The van der Waals surface area contributed by atoms with Crippen molar-refractivity contribution in [2.24, 2.45) is 0 Å². The summed E-state index contributed by atoms with van der Waals surface area (Å²) in [6.45, 7) is 4.66. The van der Waals surface area contributed by atoms with Crippen molar-refractivity contribution < 1.29 is 9.59 Å². The first-order chi connectivity index (χ1) is 12.0. The average Bonchev–Trinajstić information content (AvgIpc) is 2.63. The minimum Gasteiger partial charge on any atom is -0.368 e. The smallest absolute Gasteiger partial charge is 0.258 e. The molecule has 1 aromatic carbocycles. The molecule has 0 spiro atoms. The molecular formula is C18H19ClN4O2. The summed E-state index contributed by atoms with van der Waals surface area (Å²) >= 11 is 5.94. The predicted molar refractivity (Wildman–Crippen MR) is 98.1 cm³/mol. The maximum atomic E-state index is 12.2. The lowest BCUT2D eigenvalue weighted by Gasteiger charge is -2.35. The Morgan fingerprint density at radius 1 is 1.08 bits per heavy atom. The van der Waals surface area contributed by atoms with Gasteiger partial charge in [0.15, 0.2) is 0 Å². The molecule has 6 nitrogen and oxygen atoms in total. The number of benzene rings is 1. The van der Waals surface area contributed by atoms with E-state index in [0.717, 1.165) is 31.9 Å². The number of amides is 2. The molecule has 3 rings (SSSR count). The maximum Gasteiger partial charge on any atom is 0.258 e. The minimum absolute atomic E-state index is 0.117. The Balaban J connectivity index is 1.62. The quantitative estimate of drug-likeness (QED) is 0.857. The number of nitrogens with zero attached hydrogens (tertiary/aromatic N) is 3. The Hall–Kier alpha value is -2.60. The molecule has 1 N–H and O–H groups in total. The van der Waals surface area contributed by atoms with Crippen molar-refractivity contribution in [3.05, 3.63) is 53.3 Å². The summed E-state index contributed by atoms with van der Waals surface area (Å²) < 4.78 is 0. The summed E-state index contributed by atoms with van der Waals surface area (Å²) in [5.41, 5.74) is 2.10. The molecule has 2 heterocycles. The molecule has 1 aliphatic heterocycles. The number of hydrogen-bond donors (Lipinski definition) is 1. The van der Waals surface area contributed by atoms with Gasteiger partial charge in [0.1, 0.15) is 5.15 Å². The summed E-state index contributed by atoms with van der Waals surface area (Å²) in [7, 11) is 0. The van der Waals surface area contributed by atoms with Crippen molar-refractivity contribution in [2.45, 2.75) is 6.92 Å². The van der Waals surface area contributed by atoms with Crippen LogP contribution in [0.5, 0.6) is 0 Å². The van der Waals surface area contributed by atoms with Gasteiger partial charge in [-0.25, -0.2) is 4.98 Å². The van der Waals surface area contributed by atoms with E-state index in [0.29, 0.717) is 11.3 Å². The van der Waals surface area contributed by atoms with Gasteiger partial charge in [-0.2, -0.15) is 0 Å². The van der Waals surface area contributed by atoms with Gasteiger partial charge in [-0.15, -0.1) is 0 Å². The van der Waals surface area contributed by atoms with Gasteiger partial charge in [0.25, 0.3) is 5.91 Å². The zero-order valence-corrected chi connectivity index (χ0v) is 14.7. The molecular weight excluding hydrogens is 340 g/mol. The van der Waals surface area contributed by atoms with Crippen molar-refractivity contribution in [1.29, 1.82) is 0 Å². The second-order valence-electron chi connectivity index (χ2n) is 5.84. The molecule has 0 unspecified atom stereocenters.